The minimum absolute atomic E-state index is 0.309. The van der Waals surface area contributed by atoms with Crippen LogP contribution < -0.4 is 10.6 Å². The molecule has 0 aliphatic heterocycles. The number of hydrogen-bond acceptors (Lipinski definition) is 4. The lowest BCUT2D eigenvalue weighted by molar-refractivity contribution is -0.137. The smallest absolute Gasteiger partial charge is 0.330 e. The maximum Gasteiger partial charge on any atom is 0.416 e. The van der Waals surface area contributed by atoms with Crippen molar-refractivity contribution in [1.82, 2.24) is 15.5 Å². The number of carbonyl (C=O) groups is 1. The van der Waals surface area contributed by atoms with Crippen LogP contribution in [0.4, 0.5) is 23.1 Å². The first-order valence-corrected chi connectivity index (χ1v) is 7.96. The summed E-state index contributed by atoms with van der Waals surface area (Å²) in [4.78, 5) is 12.1. The third-order valence-corrected chi connectivity index (χ3v) is 3.88. The number of rotatable bonds is 3. The number of amides is 2. The largest absolute Gasteiger partial charge is 0.416 e. The highest BCUT2D eigenvalue weighted by atomic mass is 32.1. The highest BCUT2D eigenvalue weighted by Gasteiger charge is 2.33. The second-order valence-electron chi connectivity index (χ2n) is 6.26. The number of hydrogen-bond donors (Lipinski definition) is 2. The van der Waals surface area contributed by atoms with E-state index in [1.807, 2.05) is 20.8 Å². The molecule has 0 fully saturated rings. The number of aromatic nitrogens is 2. The quantitative estimate of drug-likeness (QED) is 0.851. The summed E-state index contributed by atoms with van der Waals surface area (Å²) in [5.41, 5.74) is 0.595. The molecular weight excluding hydrogens is 341 g/mol. The molecule has 1 aromatic carbocycles. The van der Waals surface area contributed by atoms with E-state index in [1.165, 1.54) is 11.6 Å². The third-order valence-electron chi connectivity index (χ3n) is 3.27. The molecule has 0 spiro atoms. The minimum Gasteiger partial charge on any atom is -0.330 e. The zero-order chi connectivity index (χ0) is 18.0. The molecule has 2 aromatic rings. The molecule has 0 saturated heterocycles. The van der Waals surface area contributed by atoms with Gasteiger partial charge in [-0.2, -0.15) is 13.2 Å². The van der Waals surface area contributed by atoms with Crippen molar-refractivity contribution in [2.24, 2.45) is 5.41 Å². The molecular formula is C15H17F3N4OS. The molecule has 1 unspecified atom stereocenters. The van der Waals surface area contributed by atoms with Crippen LogP contribution in [0.15, 0.2) is 29.8 Å². The van der Waals surface area contributed by atoms with E-state index in [9.17, 15) is 18.0 Å². The molecule has 24 heavy (non-hydrogen) atoms. The summed E-state index contributed by atoms with van der Waals surface area (Å²) in [6.45, 7) is 5.51. The van der Waals surface area contributed by atoms with Gasteiger partial charge < -0.3 is 5.32 Å². The van der Waals surface area contributed by atoms with Gasteiger partial charge in [0, 0.05) is 0 Å². The van der Waals surface area contributed by atoms with Gasteiger partial charge in [0.15, 0.2) is 0 Å². The van der Waals surface area contributed by atoms with Crippen LogP contribution >= 0.6 is 11.3 Å². The normalized spacial score (nSPS) is 13.4. The van der Waals surface area contributed by atoms with E-state index in [2.05, 4.69) is 20.8 Å². The van der Waals surface area contributed by atoms with Gasteiger partial charge in [-0.3, -0.25) is 5.32 Å². The van der Waals surface area contributed by atoms with Crippen molar-refractivity contribution >= 4 is 22.5 Å². The van der Waals surface area contributed by atoms with Crippen molar-refractivity contribution in [2.45, 2.75) is 33.0 Å². The highest BCUT2D eigenvalue weighted by Crippen LogP contribution is 2.36. The van der Waals surface area contributed by atoms with E-state index in [0.29, 0.717) is 10.7 Å². The van der Waals surface area contributed by atoms with Crippen LogP contribution in [0.3, 0.4) is 0 Å². The number of alkyl halides is 3. The molecule has 2 amide bonds. The van der Waals surface area contributed by atoms with Gasteiger partial charge in [0.1, 0.15) is 5.51 Å². The minimum atomic E-state index is -4.44. The molecule has 1 atom stereocenters. The average molecular weight is 358 g/mol. The summed E-state index contributed by atoms with van der Waals surface area (Å²) in [5.74, 6) is 0. The maximum absolute atomic E-state index is 12.9. The average Bonchev–Trinajstić information content (AvgIpc) is 2.95. The van der Waals surface area contributed by atoms with Crippen LogP contribution in [0.1, 0.15) is 37.9 Å². The summed E-state index contributed by atoms with van der Waals surface area (Å²) in [7, 11) is 0. The standard InChI is InChI=1S/C15H17F3N4OS/c1-14(2,3)11(20-12(23)21-13-22-19-8-24-13)9-5-4-6-10(7-9)15(16,17)18/h4-8,11H,1-3H3,(H2,20,21,22,23). The third kappa shape index (κ3) is 4.67. The van der Waals surface area contributed by atoms with Crippen molar-refractivity contribution in [1.29, 1.82) is 0 Å². The van der Waals surface area contributed by atoms with Crippen molar-refractivity contribution in [3.8, 4) is 0 Å². The topological polar surface area (TPSA) is 66.9 Å². The van der Waals surface area contributed by atoms with Crippen LogP contribution in [0.25, 0.3) is 0 Å². The van der Waals surface area contributed by atoms with E-state index in [1.54, 1.807) is 6.07 Å². The predicted molar refractivity (Wildman–Crippen MR) is 85.7 cm³/mol. The molecule has 0 aliphatic rings. The number of halogens is 3. The van der Waals surface area contributed by atoms with Crippen molar-refractivity contribution in [3.63, 3.8) is 0 Å². The number of nitrogens with one attached hydrogen (secondary N) is 2. The number of benzene rings is 1. The SMILES string of the molecule is CC(C)(C)C(NC(=O)Nc1nncs1)c1cccc(C(F)(F)F)c1. The molecule has 2 rings (SSSR count). The van der Waals surface area contributed by atoms with Crippen LogP contribution in [-0.2, 0) is 6.18 Å². The van der Waals surface area contributed by atoms with Gasteiger partial charge in [-0.25, -0.2) is 4.79 Å². The molecule has 5 nitrogen and oxygen atoms in total. The van der Waals surface area contributed by atoms with Crippen molar-refractivity contribution in [3.05, 3.63) is 40.9 Å². The van der Waals surface area contributed by atoms with Gasteiger partial charge >= 0.3 is 12.2 Å². The van der Waals surface area contributed by atoms with Crippen LogP contribution in [0, 0.1) is 5.41 Å². The van der Waals surface area contributed by atoms with Crippen LogP contribution in [-0.4, -0.2) is 16.2 Å². The van der Waals surface area contributed by atoms with Crippen molar-refractivity contribution < 1.29 is 18.0 Å². The monoisotopic (exact) mass is 358 g/mol. The first-order chi connectivity index (χ1) is 11.1. The number of anilines is 1. The number of nitrogens with zero attached hydrogens (tertiary/aromatic N) is 2. The summed E-state index contributed by atoms with van der Waals surface area (Å²) in [6, 6.07) is 3.79. The lowest BCUT2D eigenvalue weighted by Gasteiger charge is -2.32. The second kappa shape index (κ2) is 6.76. The van der Waals surface area contributed by atoms with E-state index in [0.717, 1.165) is 23.5 Å². The molecule has 1 heterocycles. The first-order valence-electron chi connectivity index (χ1n) is 7.08. The Hall–Kier alpha value is -2.16. The summed E-state index contributed by atoms with van der Waals surface area (Å²) < 4.78 is 38.8. The van der Waals surface area contributed by atoms with E-state index >= 15 is 0 Å². The Bertz CT molecular complexity index is 695. The maximum atomic E-state index is 12.9. The highest BCUT2D eigenvalue weighted by molar-refractivity contribution is 7.13. The molecule has 130 valence electrons. The fourth-order valence-corrected chi connectivity index (χ4v) is 2.63. The van der Waals surface area contributed by atoms with Crippen molar-refractivity contribution in [2.75, 3.05) is 5.32 Å². The zero-order valence-corrected chi connectivity index (χ0v) is 14.1. The Labute approximate surface area is 141 Å². The lowest BCUT2D eigenvalue weighted by atomic mass is 9.82. The molecule has 2 N–H and O–H groups in total. The summed E-state index contributed by atoms with van der Waals surface area (Å²) in [5, 5.41) is 12.8. The number of carbonyl (C=O) groups excluding carboxylic acids is 1. The molecule has 0 aliphatic carbocycles. The first kappa shape index (κ1) is 18.2. The number of urea groups is 1. The van der Waals surface area contributed by atoms with E-state index in [4.69, 9.17) is 0 Å². The van der Waals surface area contributed by atoms with Gasteiger partial charge in [0.05, 0.1) is 11.6 Å². The molecule has 9 heteroatoms. The summed E-state index contributed by atoms with van der Waals surface area (Å²) in [6.07, 6.45) is -4.44. The van der Waals surface area contributed by atoms with Crippen LogP contribution in [0.5, 0.6) is 0 Å². The fraction of sp³-hybridized carbons (Fsp3) is 0.400. The van der Waals surface area contributed by atoms with Crippen LogP contribution in [0.2, 0.25) is 0 Å². The fourth-order valence-electron chi connectivity index (χ4n) is 2.19. The molecule has 0 radical (unpaired) electrons. The zero-order valence-electron chi connectivity index (χ0n) is 13.3. The van der Waals surface area contributed by atoms with E-state index in [-0.39, 0.29) is 0 Å². The molecule has 0 saturated carbocycles. The molecule has 1 aromatic heterocycles. The Kier molecular flexibility index (Phi) is 5.12. The van der Waals surface area contributed by atoms with Gasteiger partial charge in [-0.15, -0.1) is 10.2 Å². The predicted octanol–water partition coefficient (Wildman–Crippen LogP) is 4.47. The summed E-state index contributed by atoms with van der Waals surface area (Å²) >= 11 is 1.14. The van der Waals surface area contributed by atoms with Gasteiger partial charge in [-0.1, -0.05) is 44.2 Å². The Balaban J connectivity index is 2.24. The van der Waals surface area contributed by atoms with E-state index < -0.39 is 29.2 Å². The van der Waals surface area contributed by atoms with Gasteiger partial charge in [-0.05, 0) is 23.1 Å². The van der Waals surface area contributed by atoms with Gasteiger partial charge in [0.2, 0.25) is 5.13 Å². The second-order valence-corrected chi connectivity index (χ2v) is 7.10. The van der Waals surface area contributed by atoms with Gasteiger partial charge in [0.25, 0.3) is 0 Å². The Morgan fingerprint density at radius 1 is 1.25 bits per heavy atom. The Morgan fingerprint density at radius 3 is 2.50 bits per heavy atom. The Morgan fingerprint density at radius 2 is 1.96 bits per heavy atom. The lowest BCUT2D eigenvalue weighted by Crippen LogP contribution is -2.39. The molecule has 0 bridgehead atoms.